The molecule has 0 radical (unpaired) electrons. The minimum atomic E-state index is -0.0194. The maximum atomic E-state index is 12.0. The molecule has 3 nitrogen and oxygen atoms in total. The zero-order valence-electron chi connectivity index (χ0n) is 10.6. The molecule has 1 aromatic rings. The highest BCUT2D eigenvalue weighted by Gasteiger charge is 2.12. The molecule has 0 saturated heterocycles. The van der Waals surface area contributed by atoms with E-state index in [1.807, 2.05) is 19.2 Å². The summed E-state index contributed by atoms with van der Waals surface area (Å²) in [5.74, 6) is 0.921. The van der Waals surface area contributed by atoms with Gasteiger partial charge in [-0.3, -0.25) is 4.79 Å². The van der Waals surface area contributed by atoms with Crippen LogP contribution < -0.4 is 11.1 Å². The molecule has 17 heavy (non-hydrogen) atoms. The Kier molecular flexibility index (Phi) is 5.35. The largest absolute Gasteiger partial charge is 0.399 e. The summed E-state index contributed by atoms with van der Waals surface area (Å²) in [6.07, 6.45) is 2.99. The lowest BCUT2D eigenvalue weighted by atomic mass is 10.1. The zero-order valence-corrected chi connectivity index (χ0v) is 11.4. The van der Waals surface area contributed by atoms with Crippen LogP contribution in [0.5, 0.6) is 0 Å². The number of nitrogens with two attached hydrogens (primary N) is 1. The molecule has 94 valence electrons. The zero-order chi connectivity index (χ0) is 12.8. The van der Waals surface area contributed by atoms with Gasteiger partial charge in [-0.15, -0.1) is 0 Å². The van der Waals surface area contributed by atoms with E-state index in [9.17, 15) is 4.79 Å². The fraction of sp³-hybridized carbons (Fsp3) is 0.462. The molecule has 0 saturated carbocycles. The van der Waals surface area contributed by atoms with Crippen molar-refractivity contribution in [3.05, 3.63) is 29.3 Å². The van der Waals surface area contributed by atoms with Crippen molar-refractivity contribution in [2.45, 2.75) is 26.3 Å². The molecule has 0 spiro atoms. The van der Waals surface area contributed by atoms with Gasteiger partial charge in [0.05, 0.1) is 0 Å². The normalized spacial score (nSPS) is 12.2. The Balaban J connectivity index is 2.72. The van der Waals surface area contributed by atoms with Crippen LogP contribution in [0.15, 0.2) is 18.2 Å². The van der Waals surface area contributed by atoms with Gasteiger partial charge in [-0.05, 0) is 43.4 Å². The van der Waals surface area contributed by atoms with E-state index in [-0.39, 0.29) is 11.9 Å². The first-order valence-electron chi connectivity index (χ1n) is 5.74. The predicted molar refractivity (Wildman–Crippen MR) is 75.5 cm³/mol. The van der Waals surface area contributed by atoms with Crippen molar-refractivity contribution >= 4 is 23.4 Å². The molecular weight excluding hydrogens is 232 g/mol. The highest BCUT2D eigenvalue weighted by Crippen LogP contribution is 2.13. The average molecular weight is 252 g/mol. The van der Waals surface area contributed by atoms with Gasteiger partial charge in [-0.25, -0.2) is 0 Å². The van der Waals surface area contributed by atoms with Crippen LogP contribution in [0, 0.1) is 6.92 Å². The number of benzene rings is 1. The Bertz CT molecular complexity index is 393. The van der Waals surface area contributed by atoms with E-state index in [1.54, 1.807) is 23.9 Å². The van der Waals surface area contributed by atoms with Crippen molar-refractivity contribution in [2.24, 2.45) is 0 Å². The van der Waals surface area contributed by atoms with Crippen molar-refractivity contribution in [3.8, 4) is 0 Å². The Morgan fingerprint density at radius 1 is 1.53 bits per heavy atom. The van der Waals surface area contributed by atoms with Gasteiger partial charge in [-0.2, -0.15) is 11.8 Å². The fourth-order valence-electron chi connectivity index (χ4n) is 1.55. The van der Waals surface area contributed by atoms with Crippen LogP contribution >= 0.6 is 11.8 Å². The molecule has 0 heterocycles. The summed E-state index contributed by atoms with van der Waals surface area (Å²) < 4.78 is 0. The van der Waals surface area contributed by atoms with Gasteiger partial charge >= 0.3 is 0 Å². The summed E-state index contributed by atoms with van der Waals surface area (Å²) in [5, 5.41) is 3.03. The minimum absolute atomic E-state index is 0.0194. The first kappa shape index (κ1) is 13.9. The fourth-order valence-corrected chi connectivity index (χ4v) is 2.27. The van der Waals surface area contributed by atoms with Gasteiger partial charge in [0.25, 0.3) is 5.91 Å². The number of carbonyl (C=O) groups excluding carboxylic acids is 1. The van der Waals surface area contributed by atoms with Crippen LogP contribution in [-0.2, 0) is 0 Å². The van der Waals surface area contributed by atoms with E-state index in [4.69, 9.17) is 5.73 Å². The molecule has 4 heteroatoms. The second-order valence-corrected chi connectivity index (χ2v) is 5.02. The predicted octanol–water partition coefficient (Wildman–Crippen LogP) is 2.45. The molecular formula is C13H20N2OS. The third-order valence-electron chi connectivity index (χ3n) is 2.73. The van der Waals surface area contributed by atoms with Crippen LogP contribution in [0.2, 0.25) is 0 Å². The highest BCUT2D eigenvalue weighted by molar-refractivity contribution is 7.98. The second kappa shape index (κ2) is 6.55. The maximum Gasteiger partial charge on any atom is 0.251 e. The lowest BCUT2D eigenvalue weighted by molar-refractivity contribution is 0.0940. The van der Waals surface area contributed by atoms with Crippen LogP contribution in [0.4, 0.5) is 5.69 Å². The summed E-state index contributed by atoms with van der Waals surface area (Å²) in [6.45, 7) is 3.99. The minimum Gasteiger partial charge on any atom is -0.399 e. The smallest absolute Gasteiger partial charge is 0.251 e. The molecule has 0 aliphatic heterocycles. The maximum absolute atomic E-state index is 12.0. The van der Waals surface area contributed by atoms with Crippen LogP contribution in [0.25, 0.3) is 0 Å². The van der Waals surface area contributed by atoms with Crippen LogP contribution in [-0.4, -0.2) is 24.0 Å². The number of nitrogens with one attached hydrogen (secondary N) is 1. The summed E-state index contributed by atoms with van der Waals surface area (Å²) in [4.78, 5) is 12.0. The number of rotatable bonds is 5. The summed E-state index contributed by atoms with van der Waals surface area (Å²) in [7, 11) is 0. The van der Waals surface area contributed by atoms with Crippen molar-refractivity contribution in [1.82, 2.24) is 5.32 Å². The Morgan fingerprint density at radius 2 is 2.24 bits per heavy atom. The number of hydrogen-bond donors (Lipinski definition) is 2. The Labute approximate surface area is 107 Å². The summed E-state index contributed by atoms with van der Waals surface area (Å²) >= 11 is 1.74. The number of hydrogen-bond acceptors (Lipinski definition) is 3. The lowest BCUT2D eigenvalue weighted by Gasteiger charge is -2.16. The first-order chi connectivity index (χ1) is 8.08. The van der Waals surface area contributed by atoms with Gasteiger partial charge in [0, 0.05) is 23.0 Å². The van der Waals surface area contributed by atoms with Gasteiger partial charge in [0.15, 0.2) is 0 Å². The van der Waals surface area contributed by atoms with Gasteiger partial charge < -0.3 is 11.1 Å². The topological polar surface area (TPSA) is 55.1 Å². The first-order valence-corrected chi connectivity index (χ1v) is 7.13. The molecule has 0 aliphatic rings. The highest BCUT2D eigenvalue weighted by atomic mass is 32.2. The molecule has 1 aromatic carbocycles. The van der Waals surface area contributed by atoms with E-state index in [0.29, 0.717) is 5.56 Å². The Morgan fingerprint density at radius 3 is 2.76 bits per heavy atom. The van der Waals surface area contributed by atoms with E-state index >= 15 is 0 Å². The molecule has 0 aliphatic carbocycles. The molecule has 3 N–H and O–H groups in total. The number of nitrogen functional groups attached to an aromatic ring is 1. The lowest BCUT2D eigenvalue weighted by Crippen LogP contribution is -2.36. The second-order valence-electron chi connectivity index (χ2n) is 4.11. The molecule has 1 rings (SSSR count). The van der Waals surface area contributed by atoms with Gasteiger partial charge in [0.2, 0.25) is 0 Å². The van der Waals surface area contributed by atoms with Gasteiger partial charge in [-0.1, -0.05) is 6.92 Å². The van der Waals surface area contributed by atoms with E-state index in [0.717, 1.165) is 23.4 Å². The summed E-state index contributed by atoms with van der Waals surface area (Å²) in [6, 6.07) is 5.61. The summed E-state index contributed by atoms with van der Waals surface area (Å²) in [5.41, 5.74) is 8.07. The van der Waals surface area contributed by atoms with Crippen molar-refractivity contribution in [1.29, 1.82) is 0 Å². The van der Waals surface area contributed by atoms with Crippen LogP contribution in [0.3, 0.4) is 0 Å². The standard InChI is InChI=1S/C13H20N2OS/c1-4-11(8-17-3)15-13(16)10-5-6-12(14)9(2)7-10/h5-7,11H,4,8,14H2,1-3H3,(H,15,16). The quantitative estimate of drug-likeness (QED) is 0.791. The Hall–Kier alpha value is -1.16. The molecule has 0 bridgehead atoms. The van der Waals surface area contributed by atoms with Crippen molar-refractivity contribution in [2.75, 3.05) is 17.7 Å². The van der Waals surface area contributed by atoms with Crippen molar-refractivity contribution in [3.63, 3.8) is 0 Å². The third kappa shape index (κ3) is 3.97. The molecule has 1 unspecified atom stereocenters. The number of aryl methyl sites for hydroxylation is 1. The third-order valence-corrected chi connectivity index (χ3v) is 3.46. The van der Waals surface area contributed by atoms with Crippen molar-refractivity contribution < 1.29 is 4.79 Å². The number of anilines is 1. The van der Waals surface area contributed by atoms with Crippen LogP contribution in [0.1, 0.15) is 29.3 Å². The molecule has 0 fully saturated rings. The van der Waals surface area contributed by atoms with E-state index in [1.165, 1.54) is 0 Å². The number of carbonyl (C=O) groups is 1. The number of amides is 1. The van der Waals surface area contributed by atoms with E-state index < -0.39 is 0 Å². The van der Waals surface area contributed by atoms with Gasteiger partial charge in [0.1, 0.15) is 0 Å². The molecule has 1 amide bonds. The average Bonchev–Trinajstić information content (AvgIpc) is 2.31. The number of thioether (sulfide) groups is 1. The van der Waals surface area contributed by atoms with E-state index in [2.05, 4.69) is 12.2 Å². The molecule has 1 atom stereocenters. The monoisotopic (exact) mass is 252 g/mol. The SMILES string of the molecule is CCC(CSC)NC(=O)c1ccc(N)c(C)c1. The molecule has 0 aromatic heterocycles.